The van der Waals surface area contributed by atoms with Gasteiger partial charge in [0.15, 0.2) is 0 Å². The number of nitrogens with zero attached hydrogens (tertiary/aromatic N) is 5. The highest BCUT2D eigenvalue weighted by molar-refractivity contribution is 5.84. The molecule has 2 aromatic heterocycles. The molecular formula is C31H35FN6O5. The lowest BCUT2D eigenvalue weighted by Gasteiger charge is -2.37. The van der Waals surface area contributed by atoms with Crippen molar-refractivity contribution in [2.45, 2.75) is 70.6 Å². The predicted octanol–water partition coefficient (Wildman–Crippen LogP) is 3.51. The third kappa shape index (κ3) is 5.77. The maximum Gasteiger partial charge on any atom is 0.347 e. The van der Waals surface area contributed by atoms with E-state index < -0.39 is 17.4 Å². The summed E-state index contributed by atoms with van der Waals surface area (Å²) in [5, 5.41) is 16.0. The van der Waals surface area contributed by atoms with E-state index in [0.717, 1.165) is 17.7 Å². The molecule has 1 aliphatic carbocycles. The number of para-hydroxylation sites is 1. The van der Waals surface area contributed by atoms with Gasteiger partial charge >= 0.3 is 5.97 Å². The molecule has 0 atom stereocenters. The smallest absolute Gasteiger partial charge is 0.347 e. The average molecular weight is 591 g/mol. The molecule has 12 heteroatoms. The first-order valence-corrected chi connectivity index (χ1v) is 14.5. The van der Waals surface area contributed by atoms with Crippen LogP contribution in [-0.4, -0.2) is 55.1 Å². The predicted molar refractivity (Wildman–Crippen MR) is 157 cm³/mol. The lowest BCUT2D eigenvalue weighted by atomic mass is 9.88. The zero-order valence-corrected chi connectivity index (χ0v) is 24.4. The number of fused-ring (bicyclic) bond motifs is 1. The minimum Gasteiger partial charge on any atom is -0.388 e. The molecule has 0 spiro atoms. The normalized spacial score (nSPS) is 18.7. The van der Waals surface area contributed by atoms with Crippen molar-refractivity contribution < 1.29 is 23.9 Å². The molecule has 0 radical (unpaired) electrons. The van der Waals surface area contributed by atoms with E-state index in [1.165, 1.54) is 12.4 Å². The number of hydrazine groups is 1. The van der Waals surface area contributed by atoms with E-state index in [1.54, 1.807) is 34.0 Å². The number of halogens is 1. The maximum atomic E-state index is 15.8. The van der Waals surface area contributed by atoms with Crippen LogP contribution in [0.1, 0.15) is 62.9 Å². The molecule has 11 nitrogen and oxygen atoms in total. The summed E-state index contributed by atoms with van der Waals surface area (Å²) in [7, 11) is 0. The van der Waals surface area contributed by atoms with Gasteiger partial charge in [-0.2, -0.15) is 10.1 Å². The summed E-state index contributed by atoms with van der Waals surface area (Å²) < 4.78 is 25.0. The first-order valence-electron chi connectivity index (χ1n) is 14.5. The Balaban J connectivity index is 1.32. The van der Waals surface area contributed by atoms with Crippen molar-refractivity contribution in [3.63, 3.8) is 0 Å². The molecule has 0 amide bonds. The summed E-state index contributed by atoms with van der Waals surface area (Å²) in [5.41, 5.74) is 5.09. The van der Waals surface area contributed by atoms with Crippen LogP contribution in [-0.2, 0) is 27.2 Å². The molecule has 4 aromatic rings. The van der Waals surface area contributed by atoms with E-state index in [9.17, 15) is 14.7 Å². The van der Waals surface area contributed by atoms with E-state index in [-0.39, 0.29) is 37.3 Å². The van der Waals surface area contributed by atoms with Gasteiger partial charge in [0.1, 0.15) is 18.7 Å². The zero-order chi connectivity index (χ0) is 30.3. The van der Waals surface area contributed by atoms with Gasteiger partial charge in [0.2, 0.25) is 5.78 Å². The van der Waals surface area contributed by atoms with Gasteiger partial charge in [0.25, 0.3) is 5.56 Å². The summed E-state index contributed by atoms with van der Waals surface area (Å²) in [4.78, 5) is 35.0. The zero-order valence-electron chi connectivity index (χ0n) is 24.4. The Morgan fingerprint density at radius 1 is 1.19 bits per heavy atom. The molecule has 1 aliphatic heterocycles. The second kappa shape index (κ2) is 11.5. The van der Waals surface area contributed by atoms with Crippen LogP contribution in [0.15, 0.2) is 53.6 Å². The maximum absolute atomic E-state index is 15.8. The highest BCUT2D eigenvalue weighted by Gasteiger charge is 2.36. The van der Waals surface area contributed by atoms with Crippen LogP contribution in [0.3, 0.4) is 0 Å². The number of rotatable bonds is 10. The van der Waals surface area contributed by atoms with E-state index in [0.29, 0.717) is 47.4 Å². The topological polar surface area (TPSA) is 123 Å². The number of ether oxygens (including phenoxy) is 1. The Hall–Kier alpha value is -4.13. The number of hydrogen-bond acceptors (Lipinski definition) is 9. The fraction of sp³-hybridized carbons (Fsp3) is 0.419. The number of nitrogens with one attached hydrogen (secondary N) is 1. The lowest BCUT2D eigenvalue weighted by Crippen LogP contribution is -2.42. The van der Waals surface area contributed by atoms with Crippen molar-refractivity contribution in [1.29, 1.82) is 0 Å². The molecule has 2 N–H and O–H groups in total. The van der Waals surface area contributed by atoms with Crippen molar-refractivity contribution >= 4 is 17.4 Å². The minimum atomic E-state index is -0.933. The molecule has 2 fully saturated rings. The van der Waals surface area contributed by atoms with Gasteiger partial charge in [-0.15, -0.1) is 0 Å². The van der Waals surface area contributed by atoms with Crippen LogP contribution < -0.4 is 16.2 Å². The molecule has 2 aliphatic rings. The molecular weight excluding hydrogens is 555 g/mol. The second-order valence-electron chi connectivity index (χ2n) is 11.8. The van der Waals surface area contributed by atoms with Crippen LogP contribution in [0.5, 0.6) is 0 Å². The summed E-state index contributed by atoms with van der Waals surface area (Å²) in [6.07, 6.45) is 4.04. The lowest BCUT2D eigenvalue weighted by molar-refractivity contribution is -0.142. The van der Waals surface area contributed by atoms with E-state index in [4.69, 9.17) is 9.57 Å². The highest BCUT2D eigenvalue weighted by Crippen LogP contribution is 2.36. The second-order valence-corrected chi connectivity index (χ2v) is 11.8. The summed E-state index contributed by atoms with van der Waals surface area (Å²) in [6.45, 7) is 5.65. The number of aromatic nitrogens is 4. The number of benzene rings is 2. The van der Waals surface area contributed by atoms with Crippen LogP contribution >= 0.6 is 0 Å². The molecule has 2 aromatic carbocycles. The fourth-order valence-electron chi connectivity index (χ4n) is 5.72. The molecule has 1 saturated heterocycles. The Morgan fingerprint density at radius 2 is 1.98 bits per heavy atom. The summed E-state index contributed by atoms with van der Waals surface area (Å²) >= 11 is 0. The van der Waals surface area contributed by atoms with Crippen molar-refractivity contribution in [2.24, 2.45) is 0 Å². The van der Waals surface area contributed by atoms with Crippen LogP contribution in [0, 0.1) is 5.82 Å². The van der Waals surface area contributed by atoms with Gasteiger partial charge in [-0.05, 0) is 56.4 Å². The molecule has 1 saturated carbocycles. The molecule has 43 heavy (non-hydrogen) atoms. The van der Waals surface area contributed by atoms with Gasteiger partial charge in [-0.3, -0.25) is 14.4 Å². The number of carbonyl (C=O) groups excluding carboxylic acids is 1. The van der Waals surface area contributed by atoms with E-state index >= 15 is 4.39 Å². The Labute approximate surface area is 247 Å². The van der Waals surface area contributed by atoms with Gasteiger partial charge in [0, 0.05) is 23.6 Å². The fourth-order valence-corrected chi connectivity index (χ4v) is 5.72. The van der Waals surface area contributed by atoms with Gasteiger partial charge in [0.05, 0.1) is 29.7 Å². The molecule has 226 valence electrons. The van der Waals surface area contributed by atoms with Gasteiger partial charge in [-0.25, -0.2) is 13.7 Å². The number of carbonyl (C=O) groups is 1. The number of hydrogen-bond donors (Lipinski definition) is 2. The number of aliphatic hydroxyl groups is 1. The Kier molecular flexibility index (Phi) is 7.75. The third-order valence-corrected chi connectivity index (χ3v) is 7.90. The Morgan fingerprint density at radius 3 is 2.67 bits per heavy atom. The first kappa shape index (κ1) is 29.0. The van der Waals surface area contributed by atoms with Crippen molar-refractivity contribution in [3.05, 3.63) is 81.8 Å². The van der Waals surface area contributed by atoms with E-state index in [1.807, 2.05) is 37.3 Å². The Bertz CT molecular complexity index is 1720. The van der Waals surface area contributed by atoms with Crippen LogP contribution in [0.4, 0.5) is 10.1 Å². The summed E-state index contributed by atoms with van der Waals surface area (Å²) in [6, 6.07) is 12.2. The van der Waals surface area contributed by atoms with Crippen molar-refractivity contribution in [3.8, 4) is 11.1 Å². The highest BCUT2D eigenvalue weighted by atomic mass is 19.1. The standard InChI is InChI=1S/C31H35FN6O5/c1-4-7-27-24(29(40)37(30-33-18-34-38(27)30)21-14-22(15-21)42-17-31(2,3)41)12-20-11-10-19(13-25(20)32)23-8-5-6-9-26(23)36-16-28(39)43-35-36/h5-6,8-11,13,18,21-22,35,41H,4,7,12,14-17H2,1-3H3. The van der Waals surface area contributed by atoms with Crippen molar-refractivity contribution in [1.82, 2.24) is 24.8 Å². The van der Waals surface area contributed by atoms with Crippen LogP contribution in [0.2, 0.25) is 0 Å². The summed E-state index contributed by atoms with van der Waals surface area (Å²) in [5.74, 6) is -0.383. The van der Waals surface area contributed by atoms with Crippen molar-refractivity contribution in [2.75, 3.05) is 18.2 Å². The average Bonchev–Trinajstić information content (AvgIpc) is 3.61. The monoisotopic (exact) mass is 590 g/mol. The largest absolute Gasteiger partial charge is 0.388 e. The minimum absolute atomic E-state index is 0.0299. The molecule has 0 unspecified atom stereocenters. The number of anilines is 1. The molecule has 0 bridgehead atoms. The SMILES string of the molecule is CCCc1c(Cc2ccc(-c3ccccc3N3CC(=O)ON3)cc2F)c(=O)n(C2CC(OCC(C)(C)O)C2)c2ncnn12. The molecule has 6 rings (SSSR count). The first-order chi connectivity index (χ1) is 20.6. The third-order valence-electron chi connectivity index (χ3n) is 7.90. The quantitative estimate of drug-likeness (QED) is 0.286. The van der Waals surface area contributed by atoms with Crippen LogP contribution in [0.25, 0.3) is 16.9 Å². The van der Waals surface area contributed by atoms with E-state index in [2.05, 4.69) is 15.7 Å². The molecule has 3 heterocycles. The number of aryl methyl sites for hydroxylation is 1. The van der Waals surface area contributed by atoms with Gasteiger partial charge < -0.3 is 14.7 Å². The van der Waals surface area contributed by atoms with Gasteiger partial charge in [-0.1, -0.05) is 49.3 Å².